The lowest BCUT2D eigenvalue weighted by atomic mass is 10.1. The Hall–Kier alpha value is -0.940. The molecule has 0 amide bonds. The molecule has 102 valence electrons. The molecule has 1 unspecified atom stereocenters. The molecular formula is C13H20FNO2S. The summed E-state index contributed by atoms with van der Waals surface area (Å²) in [7, 11) is -3.53. The molecule has 1 aromatic carbocycles. The van der Waals surface area contributed by atoms with Crippen LogP contribution in [0.2, 0.25) is 0 Å². The Labute approximate surface area is 108 Å². The van der Waals surface area contributed by atoms with E-state index in [0.29, 0.717) is 0 Å². The molecule has 0 fully saturated rings. The standard InChI is InChI=1S/C13H20FNO2S/c1-3-4-5-6-11(2)15-18(16,17)13-9-7-12(14)8-10-13/h7-11,15H,3-6H2,1-2H3. The average molecular weight is 273 g/mol. The SMILES string of the molecule is CCCCCC(C)NS(=O)(=O)c1ccc(F)cc1. The van der Waals surface area contributed by atoms with Gasteiger partial charge >= 0.3 is 0 Å². The van der Waals surface area contributed by atoms with Gasteiger partial charge in [-0.15, -0.1) is 0 Å². The molecule has 0 spiro atoms. The summed E-state index contributed by atoms with van der Waals surface area (Å²) in [5.41, 5.74) is 0. The number of hydrogen-bond acceptors (Lipinski definition) is 2. The van der Waals surface area contributed by atoms with E-state index in [2.05, 4.69) is 11.6 Å². The lowest BCUT2D eigenvalue weighted by Crippen LogP contribution is -2.32. The first-order valence-electron chi connectivity index (χ1n) is 6.23. The summed E-state index contributed by atoms with van der Waals surface area (Å²) in [5.74, 6) is -0.440. The van der Waals surface area contributed by atoms with Gasteiger partial charge in [0, 0.05) is 6.04 Å². The van der Waals surface area contributed by atoms with Crippen LogP contribution >= 0.6 is 0 Å². The van der Waals surface area contributed by atoms with Crippen LogP contribution in [0.3, 0.4) is 0 Å². The normalized spacial score (nSPS) is 13.5. The molecule has 18 heavy (non-hydrogen) atoms. The molecule has 1 N–H and O–H groups in total. The van der Waals surface area contributed by atoms with Crippen molar-refractivity contribution in [1.29, 1.82) is 0 Å². The van der Waals surface area contributed by atoms with Gasteiger partial charge in [0.1, 0.15) is 5.82 Å². The van der Waals surface area contributed by atoms with Crippen molar-refractivity contribution in [2.24, 2.45) is 0 Å². The number of unbranched alkanes of at least 4 members (excludes halogenated alkanes) is 2. The second-order valence-electron chi connectivity index (χ2n) is 4.47. The van der Waals surface area contributed by atoms with E-state index in [1.165, 1.54) is 12.1 Å². The Morgan fingerprint density at radius 3 is 2.39 bits per heavy atom. The quantitative estimate of drug-likeness (QED) is 0.776. The predicted octanol–water partition coefficient (Wildman–Crippen LogP) is 3.07. The van der Waals surface area contributed by atoms with E-state index in [9.17, 15) is 12.8 Å². The van der Waals surface area contributed by atoms with Crippen LogP contribution in [0.25, 0.3) is 0 Å². The van der Waals surface area contributed by atoms with E-state index in [-0.39, 0.29) is 10.9 Å². The van der Waals surface area contributed by atoms with Gasteiger partial charge in [-0.2, -0.15) is 0 Å². The van der Waals surface area contributed by atoms with Crippen LogP contribution in [0.15, 0.2) is 29.2 Å². The molecule has 0 aromatic heterocycles. The van der Waals surface area contributed by atoms with Gasteiger partial charge in [-0.3, -0.25) is 0 Å². The van der Waals surface area contributed by atoms with Crippen LogP contribution in [0, 0.1) is 5.82 Å². The zero-order valence-corrected chi connectivity index (χ0v) is 11.6. The van der Waals surface area contributed by atoms with Crippen molar-refractivity contribution < 1.29 is 12.8 Å². The van der Waals surface area contributed by atoms with E-state index in [4.69, 9.17) is 0 Å². The summed E-state index contributed by atoms with van der Waals surface area (Å²) in [4.78, 5) is 0.103. The first-order valence-corrected chi connectivity index (χ1v) is 7.72. The van der Waals surface area contributed by atoms with Crippen LogP contribution in [0.1, 0.15) is 39.5 Å². The Morgan fingerprint density at radius 2 is 1.83 bits per heavy atom. The van der Waals surface area contributed by atoms with Crippen LogP contribution < -0.4 is 4.72 Å². The molecule has 0 heterocycles. The fourth-order valence-corrected chi connectivity index (χ4v) is 2.98. The van der Waals surface area contributed by atoms with Gasteiger partial charge in [0.2, 0.25) is 10.0 Å². The third kappa shape index (κ3) is 4.74. The van der Waals surface area contributed by atoms with Gasteiger partial charge in [-0.25, -0.2) is 17.5 Å². The Kier molecular flexibility index (Phi) is 5.75. The van der Waals surface area contributed by atoms with Crippen molar-refractivity contribution in [3.8, 4) is 0 Å². The second-order valence-corrected chi connectivity index (χ2v) is 6.19. The maximum Gasteiger partial charge on any atom is 0.240 e. The fraction of sp³-hybridized carbons (Fsp3) is 0.538. The van der Waals surface area contributed by atoms with Crippen molar-refractivity contribution in [3.63, 3.8) is 0 Å². The summed E-state index contributed by atoms with van der Waals surface area (Å²) >= 11 is 0. The Balaban J connectivity index is 2.61. The molecule has 0 aliphatic rings. The van der Waals surface area contributed by atoms with Crippen molar-refractivity contribution >= 4 is 10.0 Å². The van der Waals surface area contributed by atoms with Crippen molar-refractivity contribution in [2.75, 3.05) is 0 Å². The smallest absolute Gasteiger partial charge is 0.208 e. The maximum absolute atomic E-state index is 12.7. The lowest BCUT2D eigenvalue weighted by molar-refractivity contribution is 0.527. The number of benzene rings is 1. The Morgan fingerprint density at radius 1 is 1.22 bits per heavy atom. The van der Waals surface area contributed by atoms with E-state index in [0.717, 1.165) is 37.8 Å². The van der Waals surface area contributed by atoms with Gasteiger partial charge in [-0.05, 0) is 37.6 Å². The van der Waals surface area contributed by atoms with Crippen LogP contribution in [-0.2, 0) is 10.0 Å². The third-order valence-electron chi connectivity index (χ3n) is 2.72. The number of halogens is 1. The first-order chi connectivity index (χ1) is 8.45. The highest BCUT2D eigenvalue weighted by Crippen LogP contribution is 2.12. The highest BCUT2D eigenvalue weighted by molar-refractivity contribution is 7.89. The Bertz CT molecular complexity index is 456. The molecule has 0 aliphatic carbocycles. The van der Waals surface area contributed by atoms with Crippen LogP contribution in [-0.4, -0.2) is 14.5 Å². The highest BCUT2D eigenvalue weighted by Gasteiger charge is 2.16. The second kappa shape index (κ2) is 6.85. The van der Waals surface area contributed by atoms with Gasteiger partial charge < -0.3 is 0 Å². The van der Waals surface area contributed by atoms with Gasteiger partial charge in [-0.1, -0.05) is 26.2 Å². The summed E-state index contributed by atoms with van der Waals surface area (Å²) < 4.78 is 39.2. The molecule has 5 heteroatoms. The van der Waals surface area contributed by atoms with E-state index >= 15 is 0 Å². The molecule has 0 saturated carbocycles. The van der Waals surface area contributed by atoms with Crippen molar-refractivity contribution in [3.05, 3.63) is 30.1 Å². The van der Waals surface area contributed by atoms with Crippen LogP contribution in [0.5, 0.6) is 0 Å². The average Bonchev–Trinajstić information content (AvgIpc) is 2.29. The number of nitrogens with one attached hydrogen (secondary N) is 1. The summed E-state index contributed by atoms with van der Waals surface area (Å²) in [6.07, 6.45) is 4.03. The molecule has 1 aromatic rings. The molecule has 0 radical (unpaired) electrons. The van der Waals surface area contributed by atoms with E-state index in [1.54, 1.807) is 0 Å². The summed E-state index contributed by atoms with van der Waals surface area (Å²) in [6, 6.07) is 4.74. The van der Waals surface area contributed by atoms with Gasteiger partial charge in [0.25, 0.3) is 0 Å². The summed E-state index contributed by atoms with van der Waals surface area (Å²) in [6.45, 7) is 3.95. The zero-order chi connectivity index (χ0) is 13.6. The summed E-state index contributed by atoms with van der Waals surface area (Å²) in [5, 5.41) is 0. The largest absolute Gasteiger partial charge is 0.240 e. The third-order valence-corrected chi connectivity index (χ3v) is 4.33. The predicted molar refractivity (Wildman–Crippen MR) is 70.3 cm³/mol. The minimum Gasteiger partial charge on any atom is -0.208 e. The number of sulfonamides is 1. The van der Waals surface area contributed by atoms with Crippen molar-refractivity contribution in [1.82, 2.24) is 4.72 Å². The molecular weight excluding hydrogens is 253 g/mol. The first kappa shape index (κ1) is 15.1. The van der Waals surface area contributed by atoms with Crippen LogP contribution in [0.4, 0.5) is 4.39 Å². The van der Waals surface area contributed by atoms with Gasteiger partial charge in [0.05, 0.1) is 4.90 Å². The fourth-order valence-electron chi connectivity index (χ4n) is 1.71. The van der Waals surface area contributed by atoms with Crippen molar-refractivity contribution in [2.45, 2.75) is 50.5 Å². The van der Waals surface area contributed by atoms with E-state index in [1.807, 2.05) is 6.92 Å². The number of rotatable bonds is 7. The highest BCUT2D eigenvalue weighted by atomic mass is 32.2. The molecule has 3 nitrogen and oxygen atoms in total. The maximum atomic E-state index is 12.7. The minimum absolute atomic E-state index is 0.103. The van der Waals surface area contributed by atoms with E-state index < -0.39 is 15.8 Å². The molecule has 0 bridgehead atoms. The number of hydrogen-bond donors (Lipinski definition) is 1. The van der Waals surface area contributed by atoms with Gasteiger partial charge in [0.15, 0.2) is 0 Å². The molecule has 1 rings (SSSR count). The molecule has 0 aliphatic heterocycles. The monoisotopic (exact) mass is 273 g/mol. The minimum atomic E-state index is -3.53. The lowest BCUT2D eigenvalue weighted by Gasteiger charge is -2.13. The topological polar surface area (TPSA) is 46.2 Å². The zero-order valence-electron chi connectivity index (χ0n) is 10.8. The molecule has 1 atom stereocenters. The molecule has 0 saturated heterocycles.